The number of rotatable bonds is 4. The summed E-state index contributed by atoms with van der Waals surface area (Å²) in [6.07, 6.45) is -0.348. The highest BCUT2D eigenvalue weighted by atomic mass is 79.9. The molecule has 0 radical (unpaired) electrons. The molecule has 1 saturated carbocycles. The normalized spacial score (nSPS) is 26.9. The molecule has 4 nitrogen and oxygen atoms in total. The standard InChI is InChI=1S/C19H26BrFN2O2/c1-11(13-6-5-12(20)7-17(13)21)23-9-15-14(16(15)10-23)8-22-18(24)25-19(2,3)4/h5-7,11,14-16H,8-10H2,1-4H3,(H,22,24)/t11?,14?,15-,16+. The third-order valence-electron chi connectivity index (χ3n) is 5.24. The topological polar surface area (TPSA) is 41.6 Å². The molecule has 1 aromatic rings. The van der Waals surface area contributed by atoms with Gasteiger partial charge in [0.05, 0.1) is 0 Å². The van der Waals surface area contributed by atoms with Gasteiger partial charge in [0, 0.05) is 35.7 Å². The molecule has 138 valence electrons. The van der Waals surface area contributed by atoms with Crippen LogP contribution in [-0.4, -0.2) is 36.2 Å². The molecule has 25 heavy (non-hydrogen) atoms. The lowest BCUT2D eigenvalue weighted by atomic mass is 10.1. The molecule has 1 aliphatic heterocycles. The molecule has 4 atom stereocenters. The Hall–Kier alpha value is -1.14. The summed E-state index contributed by atoms with van der Waals surface area (Å²) in [4.78, 5) is 14.1. The fourth-order valence-electron chi connectivity index (χ4n) is 3.85. The van der Waals surface area contributed by atoms with Crippen LogP contribution in [0.3, 0.4) is 0 Å². The van der Waals surface area contributed by atoms with Gasteiger partial charge in [-0.1, -0.05) is 22.0 Å². The number of carbonyl (C=O) groups excluding carboxylic acids is 1. The van der Waals surface area contributed by atoms with Crippen LogP contribution in [0.1, 0.15) is 39.3 Å². The number of benzene rings is 1. The Bertz CT molecular complexity index is 649. The average molecular weight is 413 g/mol. The summed E-state index contributed by atoms with van der Waals surface area (Å²) in [5, 5.41) is 2.88. The van der Waals surface area contributed by atoms with Crippen molar-refractivity contribution in [3.8, 4) is 0 Å². The van der Waals surface area contributed by atoms with Gasteiger partial charge in [0.25, 0.3) is 0 Å². The smallest absolute Gasteiger partial charge is 0.407 e. The van der Waals surface area contributed by atoms with Crippen LogP contribution >= 0.6 is 15.9 Å². The van der Waals surface area contributed by atoms with E-state index in [4.69, 9.17) is 4.74 Å². The summed E-state index contributed by atoms with van der Waals surface area (Å²) < 4.78 is 20.2. The van der Waals surface area contributed by atoms with Gasteiger partial charge in [-0.25, -0.2) is 9.18 Å². The van der Waals surface area contributed by atoms with Crippen LogP contribution in [0.5, 0.6) is 0 Å². The lowest BCUT2D eigenvalue weighted by Gasteiger charge is -2.27. The van der Waals surface area contributed by atoms with Gasteiger partial charge in [-0.05, 0) is 57.6 Å². The number of amides is 1. The van der Waals surface area contributed by atoms with E-state index in [0.29, 0.717) is 24.3 Å². The van der Waals surface area contributed by atoms with Crippen LogP contribution in [0.4, 0.5) is 9.18 Å². The summed E-state index contributed by atoms with van der Waals surface area (Å²) in [5.41, 5.74) is 0.276. The van der Waals surface area contributed by atoms with E-state index in [9.17, 15) is 9.18 Å². The minimum Gasteiger partial charge on any atom is -0.444 e. The Morgan fingerprint density at radius 2 is 2.04 bits per heavy atom. The molecule has 0 spiro atoms. The molecule has 1 aliphatic carbocycles. The molecular formula is C19H26BrFN2O2. The fourth-order valence-corrected chi connectivity index (χ4v) is 4.19. The largest absolute Gasteiger partial charge is 0.444 e. The van der Waals surface area contributed by atoms with Crippen molar-refractivity contribution in [2.75, 3.05) is 19.6 Å². The van der Waals surface area contributed by atoms with Crippen molar-refractivity contribution >= 4 is 22.0 Å². The first kappa shape index (κ1) is 18.6. The van der Waals surface area contributed by atoms with Gasteiger partial charge in [0.15, 0.2) is 0 Å². The number of nitrogens with zero attached hydrogens (tertiary/aromatic N) is 1. The first-order chi connectivity index (χ1) is 11.7. The van der Waals surface area contributed by atoms with E-state index in [0.717, 1.165) is 23.1 Å². The molecular weight excluding hydrogens is 387 g/mol. The first-order valence-corrected chi connectivity index (χ1v) is 9.61. The molecule has 1 amide bonds. The highest BCUT2D eigenvalue weighted by Gasteiger charge is 2.56. The lowest BCUT2D eigenvalue weighted by Crippen LogP contribution is -2.35. The summed E-state index contributed by atoms with van der Waals surface area (Å²) in [5.74, 6) is 1.54. The minimum atomic E-state index is -0.468. The predicted octanol–water partition coefficient (Wildman–Crippen LogP) is 4.35. The van der Waals surface area contributed by atoms with Gasteiger partial charge in [-0.2, -0.15) is 0 Å². The first-order valence-electron chi connectivity index (χ1n) is 8.81. The van der Waals surface area contributed by atoms with E-state index in [1.807, 2.05) is 32.9 Å². The number of ether oxygens (including phenoxy) is 1. The molecule has 1 saturated heterocycles. The van der Waals surface area contributed by atoms with Crippen LogP contribution in [0, 0.1) is 23.6 Å². The molecule has 0 bridgehead atoms. The monoisotopic (exact) mass is 412 g/mol. The van der Waals surface area contributed by atoms with E-state index in [1.54, 1.807) is 0 Å². The van der Waals surface area contributed by atoms with E-state index < -0.39 is 5.60 Å². The summed E-state index contributed by atoms with van der Waals surface area (Å²) >= 11 is 3.30. The van der Waals surface area contributed by atoms with Gasteiger partial charge >= 0.3 is 6.09 Å². The van der Waals surface area contributed by atoms with Crippen molar-refractivity contribution in [3.05, 3.63) is 34.1 Å². The van der Waals surface area contributed by atoms with Crippen molar-refractivity contribution in [1.29, 1.82) is 0 Å². The molecule has 1 N–H and O–H groups in total. The van der Waals surface area contributed by atoms with E-state index >= 15 is 0 Å². The molecule has 3 rings (SSSR count). The Labute approximate surface area is 157 Å². The number of alkyl carbamates (subject to hydrolysis) is 1. The maximum atomic E-state index is 14.2. The van der Waals surface area contributed by atoms with Crippen LogP contribution < -0.4 is 5.32 Å². The average Bonchev–Trinajstić information content (AvgIpc) is 2.93. The second-order valence-corrected chi connectivity index (χ2v) is 9.09. The molecule has 2 unspecified atom stereocenters. The zero-order valence-corrected chi connectivity index (χ0v) is 16.8. The quantitative estimate of drug-likeness (QED) is 0.798. The predicted molar refractivity (Wildman–Crippen MR) is 98.8 cm³/mol. The maximum absolute atomic E-state index is 14.2. The molecule has 2 fully saturated rings. The van der Waals surface area contributed by atoms with Gasteiger partial charge < -0.3 is 10.1 Å². The maximum Gasteiger partial charge on any atom is 0.407 e. The number of nitrogens with one attached hydrogen (secondary N) is 1. The minimum absolute atomic E-state index is 0.0698. The summed E-state index contributed by atoms with van der Waals surface area (Å²) in [6.45, 7) is 10.2. The number of hydrogen-bond donors (Lipinski definition) is 1. The van der Waals surface area contributed by atoms with Crippen molar-refractivity contribution in [2.45, 2.75) is 39.3 Å². The van der Waals surface area contributed by atoms with Crippen molar-refractivity contribution < 1.29 is 13.9 Å². The van der Waals surface area contributed by atoms with E-state index in [2.05, 4.69) is 33.1 Å². The number of carbonyl (C=O) groups is 1. The number of hydrogen-bond acceptors (Lipinski definition) is 3. The second kappa shape index (κ2) is 6.88. The molecule has 0 aromatic heterocycles. The number of likely N-dealkylation sites (tertiary alicyclic amines) is 1. The SMILES string of the molecule is CC(c1ccc(Br)cc1F)N1C[C@@H]2C(CNC(=O)OC(C)(C)C)[C@@H]2C1. The van der Waals surface area contributed by atoms with E-state index in [1.165, 1.54) is 6.07 Å². The van der Waals surface area contributed by atoms with Crippen molar-refractivity contribution in [2.24, 2.45) is 17.8 Å². The number of piperidine rings is 1. The third kappa shape index (κ3) is 4.34. The number of fused-ring (bicyclic) bond motifs is 1. The van der Waals surface area contributed by atoms with Gasteiger partial charge in [-0.3, -0.25) is 4.90 Å². The van der Waals surface area contributed by atoms with Crippen LogP contribution in [0.2, 0.25) is 0 Å². The second-order valence-electron chi connectivity index (χ2n) is 8.17. The molecule has 1 heterocycles. The Balaban J connectivity index is 1.47. The van der Waals surface area contributed by atoms with Crippen LogP contribution in [0.25, 0.3) is 0 Å². The highest BCUT2D eigenvalue weighted by molar-refractivity contribution is 9.10. The lowest BCUT2D eigenvalue weighted by molar-refractivity contribution is 0.0522. The Kier molecular flexibility index (Phi) is 5.13. The molecule has 6 heteroatoms. The van der Waals surface area contributed by atoms with Crippen LogP contribution in [-0.2, 0) is 4.74 Å². The van der Waals surface area contributed by atoms with Gasteiger partial charge in [0.1, 0.15) is 11.4 Å². The van der Waals surface area contributed by atoms with Crippen molar-refractivity contribution in [3.63, 3.8) is 0 Å². The summed E-state index contributed by atoms with van der Waals surface area (Å²) in [6, 6.07) is 5.34. The van der Waals surface area contributed by atoms with Gasteiger partial charge in [-0.15, -0.1) is 0 Å². The fraction of sp³-hybridized carbons (Fsp3) is 0.632. The molecule has 2 aliphatic rings. The van der Waals surface area contributed by atoms with Crippen LogP contribution in [0.15, 0.2) is 22.7 Å². The highest BCUT2D eigenvalue weighted by Crippen LogP contribution is 2.53. The zero-order valence-electron chi connectivity index (χ0n) is 15.2. The summed E-state index contributed by atoms with van der Waals surface area (Å²) in [7, 11) is 0. The van der Waals surface area contributed by atoms with Gasteiger partial charge in [0.2, 0.25) is 0 Å². The van der Waals surface area contributed by atoms with Crippen molar-refractivity contribution in [1.82, 2.24) is 10.2 Å². The third-order valence-corrected chi connectivity index (χ3v) is 5.73. The number of halogens is 2. The zero-order chi connectivity index (χ0) is 18.4. The molecule has 1 aromatic carbocycles. The van der Waals surface area contributed by atoms with E-state index in [-0.39, 0.29) is 18.0 Å². The Morgan fingerprint density at radius 1 is 1.40 bits per heavy atom. The Morgan fingerprint density at radius 3 is 2.60 bits per heavy atom.